The molecular weight excluding hydrogens is 346 g/mol. The van der Waals surface area contributed by atoms with E-state index in [1.807, 2.05) is 0 Å². The molecule has 0 aliphatic heterocycles. The molecule has 0 aliphatic carbocycles. The summed E-state index contributed by atoms with van der Waals surface area (Å²) in [6.45, 7) is 2.89. The molecule has 136 valence electrons. The highest BCUT2D eigenvalue weighted by Gasteiger charge is 2.25. The molecule has 2 N–H and O–H groups in total. The number of carbonyl (C=O) groups is 2. The van der Waals surface area contributed by atoms with E-state index in [0.717, 1.165) is 13.1 Å². The van der Waals surface area contributed by atoms with Crippen molar-refractivity contribution in [2.24, 2.45) is 5.10 Å². The molecule has 26 heavy (non-hydrogen) atoms. The van der Waals surface area contributed by atoms with Crippen molar-refractivity contribution in [1.29, 1.82) is 0 Å². The van der Waals surface area contributed by atoms with Crippen LogP contribution in [-0.2, 0) is 4.79 Å². The highest BCUT2D eigenvalue weighted by Crippen LogP contribution is 2.39. The fourth-order valence-corrected chi connectivity index (χ4v) is 2.04. The Morgan fingerprint density at radius 1 is 1.42 bits per heavy atom. The summed E-state index contributed by atoms with van der Waals surface area (Å²) < 4.78 is 9.89. The third-order valence-electron chi connectivity index (χ3n) is 3.08. The number of nitro groups is 1. The topological polar surface area (TPSA) is 149 Å². The SMILES string of the molecule is COc1c(OC(C)=O)ccc(/C=N/NC(=O)c2cc(C)[nH]n2)c1[N+](=O)[O-]. The maximum absolute atomic E-state index is 11.8. The van der Waals surface area contributed by atoms with Gasteiger partial charge in [0.1, 0.15) is 0 Å². The third-order valence-corrected chi connectivity index (χ3v) is 3.08. The zero-order valence-corrected chi connectivity index (χ0v) is 14.1. The number of nitrogens with one attached hydrogen (secondary N) is 2. The van der Waals surface area contributed by atoms with Crippen molar-refractivity contribution in [3.63, 3.8) is 0 Å². The minimum Gasteiger partial charge on any atom is -0.488 e. The number of nitro benzene ring substituents is 1. The maximum Gasteiger partial charge on any atom is 0.323 e. The molecular formula is C15H15N5O6. The van der Waals surface area contributed by atoms with Gasteiger partial charge in [-0.3, -0.25) is 24.8 Å². The Morgan fingerprint density at radius 3 is 2.69 bits per heavy atom. The Kier molecular flexibility index (Phi) is 5.63. The van der Waals surface area contributed by atoms with Gasteiger partial charge in [0.05, 0.1) is 23.8 Å². The van der Waals surface area contributed by atoms with Crippen molar-refractivity contribution in [3.05, 3.63) is 45.3 Å². The van der Waals surface area contributed by atoms with Gasteiger partial charge in [0.2, 0.25) is 5.75 Å². The molecule has 0 unspecified atom stereocenters. The van der Waals surface area contributed by atoms with Crippen LogP contribution >= 0.6 is 0 Å². The number of aromatic nitrogens is 2. The summed E-state index contributed by atoms with van der Waals surface area (Å²) in [6.07, 6.45) is 1.08. The second kappa shape index (κ2) is 7.88. The molecule has 1 heterocycles. The third kappa shape index (κ3) is 4.20. The summed E-state index contributed by atoms with van der Waals surface area (Å²) in [5.41, 5.74) is 2.61. The molecule has 1 amide bonds. The quantitative estimate of drug-likeness (QED) is 0.259. The lowest BCUT2D eigenvalue weighted by atomic mass is 10.1. The minimum absolute atomic E-state index is 0.0428. The fourth-order valence-electron chi connectivity index (χ4n) is 2.04. The van der Waals surface area contributed by atoms with Gasteiger partial charge in [-0.05, 0) is 25.1 Å². The lowest BCUT2D eigenvalue weighted by Crippen LogP contribution is -2.18. The largest absolute Gasteiger partial charge is 0.488 e. The van der Waals surface area contributed by atoms with Crippen molar-refractivity contribution < 1.29 is 24.0 Å². The number of rotatable bonds is 6. The molecule has 1 aromatic heterocycles. The number of aromatic amines is 1. The molecule has 0 bridgehead atoms. The van der Waals surface area contributed by atoms with Gasteiger partial charge in [0.15, 0.2) is 11.4 Å². The van der Waals surface area contributed by atoms with Gasteiger partial charge in [-0.2, -0.15) is 10.2 Å². The number of methoxy groups -OCH3 is 1. The van der Waals surface area contributed by atoms with E-state index in [2.05, 4.69) is 20.7 Å². The summed E-state index contributed by atoms with van der Waals surface area (Å²) in [7, 11) is 1.21. The molecule has 0 fully saturated rings. The second-order valence-electron chi connectivity index (χ2n) is 5.02. The number of aryl methyl sites for hydroxylation is 1. The number of hydrazone groups is 1. The number of benzene rings is 1. The first-order valence-corrected chi connectivity index (χ1v) is 7.22. The molecule has 0 saturated heterocycles. The van der Waals surface area contributed by atoms with Crippen LogP contribution in [0.3, 0.4) is 0 Å². The van der Waals surface area contributed by atoms with Crippen LogP contribution < -0.4 is 14.9 Å². The number of nitrogens with zero attached hydrogens (tertiary/aromatic N) is 3. The summed E-state index contributed by atoms with van der Waals surface area (Å²) in [4.78, 5) is 33.6. The first-order valence-electron chi connectivity index (χ1n) is 7.22. The van der Waals surface area contributed by atoms with E-state index < -0.39 is 22.5 Å². The van der Waals surface area contributed by atoms with Crippen LogP contribution in [-0.4, -0.2) is 40.3 Å². The van der Waals surface area contributed by atoms with E-state index in [1.54, 1.807) is 6.92 Å². The number of ether oxygens (including phenoxy) is 2. The standard InChI is InChI=1S/C15H15N5O6/c1-8-6-11(18-17-8)15(22)19-16-7-10-4-5-12(26-9(2)21)14(25-3)13(10)20(23)24/h4-7H,1-3H3,(H,17,18)(H,19,22)/b16-7+. The monoisotopic (exact) mass is 361 g/mol. The zero-order chi connectivity index (χ0) is 19.3. The summed E-state index contributed by atoms with van der Waals surface area (Å²) >= 11 is 0. The van der Waals surface area contributed by atoms with Crippen LogP contribution in [0.4, 0.5) is 5.69 Å². The Hall–Kier alpha value is -3.76. The maximum atomic E-state index is 11.8. The molecule has 0 radical (unpaired) electrons. The Bertz CT molecular complexity index is 889. The molecule has 0 aliphatic rings. The van der Waals surface area contributed by atoms with Gasteiger partial charge >= 0.3 is 11.7 Å². The lowest BCUT2D eigenvalue weighted by Gasteiger charge is -2.09. The first kappa shape index (κ1) is 18.6. The number of carbonyl (C=O) groups excluding carboxylic acids is 2. The highest BCUT2D eigenvalue weighted by atomic mass is 16.6. The molecule has 1 aromatic carbocycles. The average Bonchev–Trinajstić information content (AvgIpc) is 3.01. The second-order valence-corrected chi connectivity index (χ2v) is 5.02. The fraction of sp³-hybridized carbons (Fsp3) is 0.200. The molecule has 2 aromatic rings. The van der Waals surface area contributed by atoms with Crippen molar-refractivity contribution in [2.75, 3.05) is 7.11 Å². The van der Waals surface area contributed by atoms with Crippen LogP contribution in [0.2, 0.25) is 0 Å². The molecule has 0 atom stereocenters. The van der Waals surface area contributed by atoms with E-state index in [4.69, 9.17) is 9.47 Å². The Balaban J connectivity index is 2.29. The van der Waals surface area contributed by atoms with Crippen molar-refractivity contribution >= 4 is 23.8 Å². The first-order chi connectivity index (χ1) is 12.3. The predicted octanol–water partition coefficient (Wildman–Crippen LogP) is 1.32. The smallest absolute Gasteiger partial charge is 0.323 e. The molecule has 11 nitrogen and oxygen atoms in total. The van der Waals surface area contributed by atoms with E-state index >= 15 is 0 Å². The van der Waals surface area contributed by atoms with Crippen molar-refractivity contribution in [2.45, 2.75) is 13.8 Å². The summed E-state index contributed by atoms with van der Waals surface area (Å²) in [5, 5.41) is 21.4. The number of H-pyrrole nitrogens is 1. The molecule has 11 heteroatoms. The van der Waals surface area contributed by atoms with Crippen LogP contribution in [0, 0.1) is 17.0 Å². The summed E-state index contributed by atoms with van der Waals surface area (Å²) in [6, 6.07) is 4.16. The molecule has 2 rings (SSSR count). The number of hydrogen-bond acceptors (Lipinski definition) is 8. The van der Waals surface area contributed by atoms with Crippen LogP contribution in [0.1, 0.15) is 28.7 Å². The Labute approximate surface area is 147 Å². The average molecular weight is 361 g/mol. The predicted molar refractivity (Wildman–Crippen MR) is 89.3 cm³/mol. The normalized spacial score (nSPS) is 10.6. The number of amides is 1. The van der Waals surface area contributed by atoms with E-state index in [9.17, 15) is 19.7 Å². The summed E-state index contributed by atoms with van der Waals surface area (Å²) in [5.74, 6) is -1.57. The van der Waals surface area contributed by atoms with Crippen molar-refractivity contribution in [1.82, 2.24) is 15.6 Å². The van der Waals surface area contributed by atoms with Gasteiger partial charge in [0.25, 0.3) is 5.91 Å². The van der Waals surface area contributed by atoms with Crippen LogP contribution in [0.25, 0.3) is 0 Å². The van der Waals surface area contributed by atoms with Gasteiger partial charge < -0.3 is 9.47 Å². The minimum atomic E-state index is -0.702. The van der Waals surface area contributed by atoms with Gasteiger partial charge in [-0.1, -0.05) is 0 Å². The van der Waals surface area contributed by atoms with Gasteiger partial charge in [-0.25, -0.2) is 5.43 Å². The van der Waals surface area contributed by atoms with Gasteiger partial charge in [0, 0.05) is 12.6 Å². The molecule has 0 spiro atoms. The Morgan fingerprint density at radius 2 is 2.15 bits per heavy atom. The lowest BCUT2D eigenvalue weighted by molar-refractivity contribution is -0.385. The van der Waals surface area contributed by atoms with Gasteiger partial charge in [-0.15, -0.1) is 0 Å². The number of esters is 1. The highest BCUT2D eigenvalue weighted by molar-refractivity contribution is 5.94. The zero-order valence-electron chi connectivity index (χ0n) is 14.1. The van der Waals surface area contributed by atoms with Crippen LogP contribution in [0.15, 0.2) is 23.3 Å². The molecule has 0 saturated carbocycles. The van der Waals surface area contributed by atoms with E-state index in [1.165, 1.54) is 25.3 Å². The van der Waals surface area contributed by atoms with E-state index in [-0.39, 0.29) is 22.8 Å². The van der Waals surface area contributed by atoms with Crippen molar-refractivity contribution in [3.8, 4) is 11.5 Å². The number of hydrogen-bond donors (Lipinski definition) is 2. The van der Waals surface area contributed by atoms with E-state index in [0.29, 0.717) is 5.69 Å². The van der Waals surface area contributed by atoms with Crippen LogP contribution in [0.5, 0.6) is 11.5 Å².